The monoisotopic (exact) mass is 174 g/mol. The molecule has 0 radical (unpaired) electrons. The summed E-state index contributed by atoms with van der Waals surface area (Å²) in [4.78, 5) is 10.5. The van der Waals surface area contributed by atoms with E-state index in [4.69, 9.17) is 10.8 Å². The van der Waals surface area contributed by atoms with Crippen LogP contribution in [0.1, 0.15) is 20.3 Å². The smallest absolute Gasteiger partial charge is 0.307 e. The van der Waals surface area contributed by atoms with Gasteiger partial charge in [0, 0.05) is 6.04 Å². The van der Waals surface area contributed by atoms with Crippen molar-refractivity contribution >= 4 is 5.97 Å². The highest BCUT2D eigenvalue weighted by atomic mass is 16.4. The molecule has 4 N–H and O–H groups in total. The van der Waals surface area contributed by atoms with E-state index in [2.05, 4.69) is 5.32 Å². The number of hydrogen-bond acceptors (Lipinski definition) is 3. The van der Waals surface area contributed by atoms with Crippen molar-refractivity contribution < 1.29 is 9.90 Å². The maximum Gasteiger partial charge on any atom is 0.307 e. The van der Waals surface area contributed by atoms with E-state index in [1.54, 1.807) is 6.92 Å². The fourth-order valence-corrected chi connectivity index (χ4v) is 0.822. The zero-order chi connectivity index (χ0) is 9.56. The van der Waals surface area contributed by atoms with E-state index < -0.39 is 5.97 Å². The molecule has 0 aromatic carbocycles. The molecule has 0 aliphatic rings. The number of hydrogen-bond donors (Lipinski definition) is 3. The van der Waals surface area contributed by atoms with E-state index in [1.807, 2.05) is 6.92 Å². The lowest BCUT2D eigenvalue weighted by Crippen LogP contribution is -2.37. The Kier molecular flexibility index (Phi) is 5.66. The molecule has 4 heteroatoms. The van der Waals surface area contributed by atoms with E-state index in [9.17, 15) is 4.79 Å². The highest BCUT2D eigenvalue weighted by molar-refractivity contribution is 5.70. The Morgan fingerprint density at radius 1 is 1.58 bits per heavy atom. The first kappa shape index (κ1) is 11.4. The SMILES string of the molecule is CC(NCCCN)C(C)C(=O)O. The molecule has 2 unspecified atom stereocenters. The highest BCUT2D eigenvalue weighted by Crippen LogP contribution is 2.01. The number of carbonyl (C=O) groups is 1. The Morgan fingerprint density at radius 2 is 2.17 bits per heavy atom. The van der Waals surface area contributed by atoms with Gasteiger partial charge in [0.05, 0.1) is 5.92 Å². The predicted octanol–water partition coefficient (Wildman–Crippen LogP) is 0.0340. The second-order valence-electron chi connectivity index (χ2n) is 3.01. The summed E-state index contributed by atoms with van der Waals surface area (Å²) in [5, 5.41) is 11.7. The van der Waals surface area contributed by atoms with Gasteiger partial charge >= 0.3 is 5.97 Å². The van der Waals surface area contributed by atoms with Gasteiger partial charge in [-0.15, -0.1) is 0 Å². The standard InChI is InChI=1S/C8H18N2O2/c1-6(8(11)12)7(2)10-5-3-4-9/h6-7,10H,3-5,9H2,1-2H3,(H,11,12). The quantitative estimate of drug-likeness (QED) is 0.497. The van der Waals surface area contributed by atoms with E-state index >= 15 is 0 Å². The maximum atomic E-state index is 10.5. The van der Waals surface area contributed by atoms with Crippen molar-refractivity contribution in [3.8, 4) is 0 Å². The van der Waals surface area contributed by atoms with Gasteiger partial charge in [-0.05, 0) is 26.4 Å². The summed E-state index contributed by atoms with van der Waals surface area (Å²) in [6, 6.07) is 0.00838. The van der Waals surface area contributed by atoms with Crippen molar-refractivity contribution in [3.63, 3.8) is 0 Å². The van der Waals surface area contributed by atoms with Gasteiger partial charge in [-0.25, -0.2) is 0 Å². The number of nitrogens with one attached hydrogen (secondary N) is 1. The van der Waals surface area contributed by atoms with Gasteiger partial charge in [0.2, 0.25) is 0 Å². The van der Waals surface area contributed by atoms with Crippen LogP contribution in [0.5, 0.6) is 0 Å². The minimum atomic E-state index is -0.761. The molecule has 0 spiro atoms. The lowest BCUT2D eigenvalue weighted by atomic mass is 10.0. The molecule has 0 saturated carbocycles. The van der Waals surface area contributed by atoms with E-state index in [1.165, 1.54) is 0 Å². The molecule has 0 saturated heterocycles. The lowest BCUT2D eigenvalue weighted by Gasteiger charge is -2.17. The molecule has 0 aromatic rings. The van der Waals surface area contributed by atoms with Crippen molar-refractivity contribution in [3.05, 3.63) is 0 Å². The van der Waals surface area contributed by atoms with Gasteiger partial charge in [0.1, 0.15) is 0 Å². The van der Waals surface area contributed by atoms with Gasteiger partial charge in [-0.3, -0.25) is 4.79 Å². The number of rotatable bonds is 6. The van der Waals surface area contributed by atoms with Crippen molar-refractivity contribution in [1.29, 1.82) is 0 Å². The third kappa shape index (κ3) is 4.31. The molecule has 0 aromatic heterocycles. The molecule has 0 fully saturated rings. The number of carboxylic acids is 1. The van der Waals surface area contributed by atoms with E-state index in [-0.39, 0.29) is 12.0 Å². The molecule has 0 rings (SSSR count). The lowest BCUT2D eigenvalue weighted by molar-refractivity contribution is -0.141. The molecule has 0 amide bonds. The highest BCUT2D eigenvalue weighted by Gasteiger charge is 2.17. The predicted molar refractivity (Wildman–Crippen MR) is 47.9 cm³/mol. The molecular weight excluding hydrogens is 156 g/mol. The van der Waals surface area contributed by atoms with Crippen LogP contribution >= 0.6 is 0 Å². The zero-order valence-corrected chi connectivity index (χ0v) is 7.71. The Hall–Kier alpha value is -0.610. The van der Waals surface area contributed by atoms with Crippen LogP contribution in [-0.2, 0) is 4.79 Å². The molecule has 0 aliphatic carbocycles. The van der Waals surface area contributed by atoms with Crippen LogP contribution in [0.2, 0.25) is 0 Å². The third-order valence-corrected chi connectivity index (χ3v) is 1.99. The largest absolute Gasteiger partial charge is 0.481 e. The van der Waals surface area contributed by atoms with Gasteiger partial charge < -0.3 is 16.2 Å². The fourth-order valence-electron chi connectivity index (χ4n) is 0.822. The third-order valence-electron chi connectivity index (χ3n) is 1.99. The van der Waals surface area contributed by atoms with Crippen molar-refractivity contribution in [2.45, 2.75) is 26.3 Å². The van der Waals surface area contributed by atoms with Crippen LogP contribution in [-0.4, -0.2) is 30.2 Å². The number of nitrogens with two attached hydrogens (primary N) is 1. The van der Waals surface area contributed by atoms with Crippen LogP contribution in [0, 0.1) is 5.92 Å². The average molecular weight is 174 g/mol. The maximum absolute atomic E-state index is 10.5. The molecule has 4 nitrogen and oxygen atoms in total. The molecule has 2 atom stereocenters. The van der Waals surface area contributed by atoms with Gasteiger partial charge in [0.15, 0.2) is 0 Å². The van der Waals surface area contributed by atoms with Crippen LogP contribution in [0.15, 0.2) is 0 Å². The average Bonchev–Trinajstić information content (AvgIpc) is 2.03. The van der Waals surface area contributed by atoms with Crippen molar-refractivity contribution in [2.24, 2.45) is 11.7 Å². The Balaban J connectivity index is 3.56. The van der Waals surface area contributed by atoms with Crippen LogP contribution in [0.25, 0.3) is 0 Å². The first-order chi connectivity index (χ1) is 5.59. The van der Waals surface area contributed by atoms with Gasteiger partial charge in [-0.1, -0.05) is 6.92 Å². The van der Waals surface area contributed by atoms with E-state index in [0.717, 1.165) is 13.0 Å². The summed E-state index contributed by atoms with van der Waals surface area (Å²) in [5.41, 5.74) is 5.29. The minimum absolute atomic E-state index is 0.00838. The topological polar surface area (TPSA) is 75.3 Å². The van der Waals surface area contributed by atoms with E-state index in [0.29, 0.717) is 6.54 Å². The first-order valence-electron chi connectivity index (χ1n) is 4.25. The first-order valence-corrected chi connectivity index (χ1v) is 4.25. The summed E-state index contributed by atoms with van der Waals surface area (Å²) in [6.07, 6.45) is 0.886. The summed E-state index contributed by atoms with van der Waals surface area (Å²) in [7, 11) is 0. The zero-order valence-electron chi connectivity index (χ0n) is 7.71. The summed E-state index contributed by atoms with van der Waals surface area (Å²) in [5.74, 6) is -1.11. The summed E-state index contributed by atoms with van der Waals surface area (Å²) >= 11 is 0. The molecule has 0 aliphatic heterocycles. The number of aliphatic carboxylic acids is 1. The Bertz CT molecular complexity index is 139. The summed E-state index contributed by atoms with van der Waals surface area (Å²) < 4.78 is 0. The summed E-state index contributed by atoms with van der Waals surface area (Å²) in [6.45, 7) is 4.99. The van der Waals surface area contributed by atoms with Crippen molar-refractivity contribution in [2.75, 3.05) is 13.1 Å². The van der Waals surface area contributed by atoms with Gasteiger partial charge in [-0.2, -0.15) is 0 Å². The molecule has 0 heterocycles. The second-order valence-corrected chi connectivity index (χ2v) is 3.01. The molecule has 72 valence electrons. The molecular formula is C8H18N2O2. The minimum Gasteiger partial charge on any atom is -0.481 e. The van der Waals surface area contributed by atoms with Crippen LogP contribution < -0.4 is 11.1 Å². The second kappa shape index (κ2) is 5.97. The van der Waals surface area contributed by atoms with Crippen LogP contribution in [0.3, 0.4) is 0 Å². The van der Waals surface area contributed by atoms with Crippen LogP contribution in [0.4, 0.5) is 0 Å². The molecule has 0 bridgehead atoms. The molecule has 12 heavy (non-hydrogen) atoms. The normalized spacial score (nSPS) is 15.6. The number of carboxylic acid groups (broad SMARTS) is 1. The van der Waals surface area contributed by atoms with Crippen molar-refractivity contribution in [1.82, 2.24) is 5.32 Å². The Labute approximate surface area is 73.1 Å². The van der Waals surface area contributed by atoms with Gasteiger partial charge in [0.25, 0.3) is 0 Å². The Morgan fingerprint density at radius 3 is 2.58 bits per heavy atom. The fraction of sp³-hybridized carbons (Fsp3) is 0.875.